The molecule has 3 fully saturated rings. The molecule has 64 heavy (non-hydrogen) atoms. The summed E-state index contributed by atoms with van der Waals surface area (Å²) in [6.07, 6.45) is 9.60. The highest BCUT2D eigenvalue weighted by Gasteiger charge is 2.86. The Morgan fingerprint density at radius 3 is 2.39 bits per heavy atom. The first-order valence-corrected chi connectivity index (χ1v) is 23.1. The third-order valence-electron chi connectivity index (χ3n) is 19.3. The van der Waals surface area contributed by atoms with Gasteiger partial charge in [0, 0.05) is 76.9 Å². The number of aliphatic carboxylic acids is 1. The van der Waals surface area contributed by atoms with Crippen LogP contribution in [-0.4, -0.2) is 89.2 Å². The van der Waals surface area contributed by atoms with Gasteiger partial charge >= 0.3 is 5.97 Å². The van der Waals surface area contributed by atoms with Crippen LogP contribution in [-0.2, 0) is 20.8 Å². The molecule has 0 aromatic heterocycles. The number of fused-ring (bicyclic) bond motifs is 4. The summed E-state index contributed by atoms with van der Waals surface area (Å²) >= 11 is 0. The van der Waals surface area contributed by atoms with Crippen molar-refractivity contribution < 1.29 is 45.0 Å². The average molecular weight is 872 g/mol. The lowest BCUT2D eigenvalue weighted by Gasteiger charge is -2.71. The van der Waals surface area contributed by atoms with Gasteiger partial charge in [0.2, 0.25) is 0 Å². The van der Waals surface area contributed by atoms with Crippen LogP contribution in [0.15, 0.2) is 81.4 Å². The van der Waals surface area contributed by atoms with E-state index in [9.17, 15) is 40.2 Å². The zero-order valence-electron chi connectivity index (χ0n) is 37.2. The number of Topliss-reactive ketones (excluding diaryl/α,β-unsaturated/α-hetero) is 2. The van der Waals surface area contributed by atoms with Crippen molar-refractivity contribution in [2.24, 2.45) is 61.3 Å². The number of hydrogen-bond donors (Lipinski definition) is 8. The smallest absolute Gasteiger partial charge is 0.331 e. The fraction of sp³-hybridized carbons (Fsp3) is 0.577. The lowest BCUT2D eigenvalue weighted by atomic mass is 9.33. The highest BCUT2D eigenvalue weighted by molar-refractivity contribution is 6.02. The van der Waals surface area contributed by atoms with Gasteiger partial charge in [-0.15, -0.1) is 11.8 Å². The Morgan fingerprint density at radius 1 is 0.922 bits per heavy atom. The zero-order chi connectivity index (χ0) is 45.8. The molecule has 0 saturated heterocycles. The van der Waals surface area contributed by atoms with Gasteiger partial charge in [-0.05, 0) is 98.0 Å². The number of hydrogen-bond acceptors (Lipinski definition) is 9. The van der Waals surface area contributed by atoms with Gasteiger partial charge in [-0.1, -0.05) is 74.9 Å². The maximum atomic E-state index is 16.0. The molecule has 0 radical (unpaired) electrons. The second-order valence-electron chi connectivity index (χ2n) is 21.6. The predicted octanol–water partition coefficient (Wildman–Crippen LogP) is 4.38. The van der Waals surface area contributed by atoms with Gasteiger partial charge < -0.3 is 42.1 Å². The van der Waals surface area contributed by atoms with E-state index >= 15 is 4.79 Å². The van der Waals surface area contributed by atoms with Crippen molar-refractivity contribution in [3.8, 4) is 11.8 Å². The highest BCUT2D eigenvalue weighted by atomic mass is 16.4. The molecule has 13 unspecified atom stereocenters. The summed E-state index contributed by atoms with van der Waals surface area (Å²) in [5.41, 5.74) is 2.40. The van der Waals surface area contributed by atoms with Crippen LogP contribution in [0.3, 0.4) is 0 Å². The van der Waals surface area contributed by atoms with Crippen LogP contribution in [0.1, 0.15) is 109 Å². The number of nitrogens with two attached hydrogens (primary N) is 2. The fourth-order valence-corrected chi connectivity index (χ4v) is 16.7. The molecule has 13 atom stereocenters. The van der Waals surface area contributed by atoms with E-state index in [0.29, 0.717) is 24.0 Å². The molecular formula is C52H61N3O9. The number of allylic oxidation sites excluding steroid dienone is 2. The summed E-state index contributed by atoms with van der Waals surface area (Å²) < 4.78 is 0. The first-order chi connectivity index (χ1) is 30.1. The molecule has 12 nitrogen and oxygen atoms in total. The second kappa shape index (κ2) is 13.5. The number of carboxylic acids is 1. The SMILES string of the molecule is CC(C(=O)O)=C1CCC2(N=C(N)N)C=CC3(CC4(O)C=CC5(O)C6=C7C(=O)CC3(C)C64CCC#CCC3(C)C(=O)CCC7(C)C3C5C3=Cc4ccccc4CC3)C(CCO)C2(O)C1O. The number of aliphatic imine (C=N–C) groups is 1. The van der Waals surface area contributed by atoms with Crippen LogP contribution in [0.4, 0.5) is 0 Å². The standard InChI is InChI=1S/C52H61N3O9/c1-29(42(60)61)33-14-20-48(55-43(53)54)22-21-47(35(16-25-56)52(48,64)41(33)59)28-49(62)23-24-50(63)37(32-13-12-30-10-6-7-11-31(30)26-32)39-44(2)17-8-5-9-18-51(49)40(50)38(34(57)27-46(47,51)4)45(39,3)19-15-36(44)58/h6-7,10-11,21-24,26,35,37,39,41,56,59,62-64H,9,12-20,25,27-28H2,1-4H3,(H,60,61)(H4,53,54,55). The van der Waals surface area contributed by atoms with Crippen molar-refractivity contribution in [1.82, 2.24) is 0 Å². The Labute approximate surface area is 374 Å². The van der Waals surface area contributed by atoms with Gasteiger partial charge in [0.1, 0.15) is 28.6 Å². The summed E-state index contributed by atoms with van der Waals surface area (Å²) in [6.45, 7) is 6.91. The maximum absolute atomic E-state index is 16.0. The highest BCUT2D eigenvalue weighted by Crippen LogP contribution is 2.84. The van der Waals surface area contributed by atoms with Gasteiger partial charge in [0.15, 0.2) is 11.7 Å². The minimum Gasteiger partial charge on any atom is -0.478 e. The predicted molar refractivity (Wildman–Crippen MR) is 238 cm³/mol. The number of rotatable bonds is 5. The number of aliphatic hydroxyl groups is 5. The average Bonchev–Trinajstić information content (AvgIpc) is 3.39. The number of nitrogens with zero attached hydrogens (tertiary/aromatic N) is 1. The topological polar surface area (TPSA) is 237 Å². The number of benzene rings is 1. The second-order valence-corrected chi connectivity index (χ2v) is 21.6. The molecule has 0 aliphatic heterocycles. The lowest BCUT2D eigenvalue weighted by molar-refractivity contribution is -0.208. The van der Waals surface area contributed by atoms with E-state index < -0.39 is 85.9 Å². The molecule has 2 spiro atoms. The van der Waals surface area contributed by atoms with Crippen LogP contribution >= 0.6 is 0 Å². The molecular weight excluding hydrogens is 811 g/mol. The van der Waals surface area contributed by atoms with E-state index in [-0.39, 0.29) is 86.5 Å². The maximum Gasteiger partial charge on any atom is 0.331 e. The monoisotopic (exact) mass is 871 g/mol. The van der Waals surface area contributed by atoms with Crippen molar-refractivity contribution in [2.75, 3.05) is 6.61 Å². The Morgan fingerprint density at radius 2 is 1.67 bits per heavy atom. The van der Waals surface area contributed by atoms with Crippen LogP contribution < -0.4 is 11.5 Å². The minimum absolute atomic E-state index is 0.0136. The molecule has 9 aliphatic rings. The number of carbonyl (C=O) groups is 3. The van der Waals surface area contributed by atoms with E-state index in [4.69, 9.17) is 11.5 Å². The number of carboxylic acid groups (broad SMARTS) is 1. The van der Waals surface area contributed by atoms with E-state index in [2.05, 4.69) is 42.0 Å². The van der Waals surface area contributed by atoms with Crippen molar-refractivity contribution in [3.05, 3.63) is 87.6 Å². The molecule has 4 bridgehead atoms. The summed E-state index contributed by atoms with van der Waals surface area (Å²) in [5.74, 6) is 2.60. The molecule has 0 amide bonds. The molecule has 10 rings (SSSR count). The van der Waals surface area contributed by atoms with Crippen molar-refractivity contribution in [3.63, 3.8) is 0 Å². The van der Waals surface area contributed by atoms with Gasteiger partial charge in [0.25, 0.3) is 0 Å². The van der Waals surface area contributed by atoms with Crippen molar-refractivity contribution in [2.45, 2.75) is 133 Å². The van der Waals surface area contributed by atoms with E-state index in [0.717, 1.165) is 17.6 Å². The molecule has 12 heteroatoms. The molecule has 9 aliphatic carbocycles. The molecule has 10 N–H and O–H groups in total. The summed E-state index contributed by atoms with van der Waals surface area (Å²) in [4.78, 5) is 47.7. The first-order valence-electron chi connectivity index (χ1n) is 23.1. The van der Waals surface area contributed by atoms with Crippen molar-refractivity contribution >= 4 is 29.6 Å². The molecule has 0 heterocycles. The molecule has 1 aromatic rings. The number of guanidine groups is 1. The lowest BCUT2D eigenvalue weighted by Crippen LogP contribution is -2.74. The summed E-state index contributed by atoms with van der Waals surface area (Å²) in [6, 6.07) is 8.18. The summed E-state index contributed by atoms with van der Waals surface area (Å²) in [7, 11) is 0. The number of aliphatic hydroxyl groups excluding tert-OH is 2. The Balaban J connectivity index is 1.30. The Bertz CT molecular complexity index is 2590. The van der Waals surface area contributed by atoms with Gasteiger partial charge in [-0.25, -0.2) is 9.79 Å². The molecule has 3 saturated carbocycles. The quantitative estimate of drug-likeness (QED) is 0.0680. The molecule has 1 aromatic carbocycles. The van der Waals surface area contributed by atoms with E-state index in [1.54, 1.807) is 18.2 Å². The van der Waals surface area contributed by atoms with E-state index in [1.807, 2.05) is 32.1 Å². The zero-order valence-corrected chi connectivity index (χ0v) is 37.2. The van der Waals surface area contributed by atoms with Crippen LogP contribution in [0.5, 0.6) is 0 Å². The number of carbonyl (C=O) groups excluding carboxylic acids is 2. The first kappa shape index (κ1) is 43.3. The van der Waals surface area contributed by atoms with Crippen LogP contribution in [0.2, 0.25) is 0 Å². The van der Waals surface area contributed by atoms with E-state index in [1.165, 1.54) is 12.5 Å². The van der Waals surface area contributed by atoms with Crippen LogP contribution in [0, 0.1) is 56.7 Å². The Kier molecular flexibility index (Phi) is 9.11. The number of aryl methyl sites for hydroxylation is 1. The van der Waals surface area contributed by atoms with Gasteiger partial charge in [-0.3, -0.25) is 9.59 Å². The van der Waals surface area contributed by atoms with Crippen LogP contribution in [0.25, 0.3) is 6.08 Å². The summed E-state index contributed by atoms with van der Waals surface area (Å²) in [5, 5.41) is 76.0. The number of ketones is 2. The van der Waals surface area contributed by atoms with Crippen molar-refractivity contribution in [1.29, 1.82) is 0 Å². The third kappa shape index (κ3) is 4.82. The minimum atomic E-state index is -2.37. The largest absolute Gasteiger partial charge is 0.478 e. The fourth-order valence-electron chi connectivity index (χ4n) is 16.7. The van der Waals surface area contributed by atoms with Gasteiger partial charge in [0.05, 0.1) is 5.60 Å². The normalized spacial score (nSPS) is 46.6. The molecule has 338 valence electrons. The Hall–Kier alpha value is -4.64. The third-order valence-corrected chi connectivity index (χ3v) is 19.3. The van der Waals surface area contributed by atoms with Gasteiger partial charge in [-0.2, -0.15) is 0 Å².